The molecule has 112 valence electrons. The fraction of sp³-hybridized carbons (Fsp3) is 0.333. The summed E-state index contributed by atoms with van der Waals surface area (Å²) in [7, 11) is 3.28. The highest BCUT2D eigenvalue weighted by Gasteiger charge is 2.12. The number of hydrogen-bond donors (Lipinski definition) is 0. The number of benzene rings is 1. The topological polar surface area (TPSA) is 59.8 Å². The highest BCUT2D eigenvalue weighted by Crippen LogP contribution is 2.31. The second-order valence-electron chi connectivity index (χ2n) is 4.80. The summed E-state index contributed by atoms with van der Waals surface area (Å²) in [5.74, 6) is 0.130. The summed E-state index contributed by atoms with van der Waals surface area (Å²) >= 11 is 6.17. The molecule has 2 rings (SSSR count). The van der Waals surface area contributed by atoms with Gasteiger partial charge in [0.05, 0.1) is 5.02 Å². The minimum Gasteiger partial charge on any atom is -0.482 e. The van der Waals surface area contributed by atoms with E-state index in [0.29, 0.717) is 22.8 Å². The van der Waals surface area contributed by atoms with E-state index in [1.807, 2.05) is 6.92 Å². The highest BCUT2D eigenvalue weighted by atomic mass is 35.5. The van der Waals surface area contributed by atoms with Crippen LogP contribution in [0.15, 0.2) is 27.4 Å². The number of amides is 1. The molecule has 0 atom stereocenters. The molecule has 0 saturated heterocycles. The summed E-state index contributed by atoms with van der Waals surface area (Å²) in [5.41, 5.74) is 0.840. The van der Waals surface area contributed by atoms with Crippen molar-refractivity contribution in [2.75, 3.05) is 20.7 Å². The van der Waals surface area contributed by atoms with Crippen LogP contribution in [-0.2, 0) is 11.2 Å². The van der Waals surface area contributed by atoms with Gasteiger partial charge in [-0.2, -0.15) is 0 Å². The van der Waals surface area contributed by atoms with Crippen LogP contribution in [0.4, 0.5) is 0 Å². The predicted molar refractivity (Wildman–Crippen MR) is 81.1 cm³/mol. The van der Waals surface area contributed by atoms with Crippen LogP contribution in [0.25, 0.3) is 11.0 Å². The van der Waals surface area contributed by atoms with Crippen LogP contribution >= 0.6 is 11.6 Å². The van der Waals surface area contributed by atoms with E-state index in [-0.39, 0.29) is 12.5 Å². The molecule has 0 fully saturated rings. The largest absolute Gasteiger partial charge is 0.482 e. The molecule has 0 radical (unpaired) electrons. The van der Waals surface area contributed by atoms with Crippen LogP contribution in [0.1, 0.15) is 12.5 Å². The van der Waals surface area contributed by atoms with Gasteiger partial charge in [-0.15, -0.1) is 0 Å². The summed E-state index contributed by atoms with van der Waals surface area (Å²) in [6.07, 6.45) is 0.692. The van der Waals surface area contributed by atoms with Crippen LogP contribution in [0.5, 0.6) is 5.75 Å². The number of fused-ring (bicyclic) bond motifs is 1. The van der Waals surface area contributed by atoms with Crippen molar-refractivity contribution in [1.29, 1.82) is 0 Å². The Morgan fingerprint density at radius 3 is 2.67 bits per heavy atom. The van der Waals surface area contributed by atoms with Gasteiger partial charge in [-0.1, -0.05) is 18.5 Å². The zero-order valence-corrected chi connectivity index (χ0v) is 12.9. The van der Waals surface area contributed by atoms with Crippen molar-refractivity contribution in [3.63, 3.8) is 0 Å². The molecule has 0 unspecified atom stereocenters. The summed E-state index contributed by atoms with van der Waals surface area (Å²) in [5, 5.41) is 1.14. The number of carbonyl (C=O) groups is 1. The molecular weight excluding hydrogens is 294 g/mol. The van der Waals surface area contributed by atoms with Crippen LogP contribution in [0, 0.1) is 0 Å². The Kier molecular flexibility index (Phi) is 4.53. The second kappa shape index (κ2) is 6.18. The third kappa shape index (κ3) is 3.36. The van der Waals surface area contributed by atoms with E-state index in [0.717, 1.165) is 10.9 Å². The number of nitrogens with zero attached hydrogens (tertiary/aromatic N) is 1. The van der Waals surface area contributed by atoms with Gasteiger partial charge in [0, 0.05) is 31.6 Å². The monoisotopic (exact) mass is 309 g/mol. The molecule has 1 aromatic carbocycles. The molecule has 5 nitrogen and oxygen atoms in total. The average molecular weight is 310 g/mol. The molecule has 21 heavy (non-hydrogen) atoms. The van der Waals surface area contributed by atoms with Crippen LogP contribution in [0.3, 0.4) is 0 Å². The number of halogens is 1. The summed E-state index contributed by atoms with van der Waals surface area (Å²) in [4.78, 5) is 24.5. The van der Waals surface area contributed by atoms with E-state index in [1.54, 1.807) is 26.2 Å². The van der Waals surface area contributed by atoms with Crippen LogP contribution in [-0.4, -0.2) is 31.5 Å². The second-order valence-corrected chi connectivity index (χ2v) is 5.21. The Hall–Kier alpha value is -2.01. The van der Waals surface area contributed by atoms with Crippen molar-refractivity contribution in [3.8, 4) is 5.75 Å². The van der Waals surface area contributed by atoms with Crippen molar-refractivity contribution >= 4 is 28.5 Å². The molecule has 0 aliphatic rings. The Labute approximate surface area is 127 Å². The number of rotatable bonds is 4. The van der Waals surface area contributed by atoms with Crippen molar-refractivity contribution in [2.45, 2.75) is 13.3 Å². The third-order valence-corrected chi connectivity index (χ3v) is 3.41. The molecule has 1 heterocycles. The van der Waals surface area contributed by atoms with Crippen LogP contribution < -0.4 is 10.4 Å². The first-order valence-corrected chi connectivity index (χ1v) is 6.89. The maximum Gasteiger partial charge on any atom is 0.336 e. The number of carbonyl (C=O) groups excluding carboxylic acids is 1. The van der Waals surface area contributed by atoms with E-state index < -0.39 is 5.63 Å². The van der Waals surface area contributed by atoms with Gasteiger partial charge >= 0.3 is 5.63 Å². The lowest BCUT2D eigenvalue weighted by molar-refractivity contribution is -0.130. The van der Waals surface area contributed by atoms with Crippen molar-refractivity contribution in [3.05, 3.63) is 39.2 Å². The molecule has 0 bridgehead atoms. The zero-order valence-electron chi connectivity index (χ0n) is 12.1. The first kappa shape index (κ1) is 15.4. The molecule has 0 saturated carbocycles. The van der Waals surface area contributed by atoms with Gasteiger partial charge in [-0.05, 0) is 18.1 Å². The Bertz CT molecular complexity index is 736. The molecule has 0 spiro atoms. The first-order valence-electron chi connectivity index (χ1n) is 6.51. The lowest BCUT2D eigenvalue weighted by atomic mass is 10.1. The molecular formula is C15H16ClNO4. The van der Waals surface area contributed by atoms with Crippen molar-refractivity contribution in [1.82, 2.24) is 4.90 Å². The standard InChI is InChI=1S/C15H16ClNO4/c1-4-9-5-15(19)21-12-7-13(11(16)6-10(9)12)20-8-14(18)17(2)3/h5-7H,4,8H2,1-3H3. The zero-order chi connectivity index (χ0) is 15.6. The van der Waals surface area contributed by atoms with Gasteiger partial charge in [-0.25, -0.2) is 4.79 Å². The fourth-order valence-electron chi connectivity index (χ4n) is 1.90. The van der Waals surface area contributed by atoms with E-state index >= 15 is 0 Å². The lowest BCUT2D eigenvalue weighted by Crippen LogP contribution is -2.27. The van der Waals surface area contributed by atoms with Gasteiger partial charge in [0.25, 0.3) is 5.91 Å². The number of ether oxygens (including phenoxy) is 1. The minimum atomic E-state index is -0.419. The van der Waals surface area contributed by atoms with Gasteiger partial charge in [0.1, 0.15) is 11.3 Å². The number of likely N-dealkylation sites (N-methyl/N-ethyl adjacent to an activating group) is 1. The van der Waals surface area contributed by atoms with Crippen molar-refractivity contribution < 1.29 is 13.9 Å². The maximum atomic E-state index is 11.5. The van der Waals surface area contributed by atoms with Gasteiger partial charge in [0.15, 0.2) is 6.61 Å². The first-order chi connectivity index (χ1) is 9.92. The molecule has 1 amide bonds. The Morgan fingerprint density at radius 2 is 2.05 bits per heavy atom. The average Bonchev–Trinajstić information content (AvgIpc) is 2.44. The Morgan fingerprint density at radius 1 is 1.33 bits per heavy atom. The van der Waals surface area contributed by atoms with Gasteiger partial charge < -0.3 is 14.1 Å². The lowest BCUT2D eigenvalue weighted by Gasteiger charge is -2.13. The summed E-state index contributed by atoms with van der Waals surface area (Å²) in [6.45, 7) is 1.82. The SMILES string of the molecule is CCc1cc(=O)oc2cc(OCC(=O)N(C)C)c(Cl)cc12. The van der Waals surface area contributed by atoms with E-state index in [1.165, 1.54) is 11.0 Å². The molecule has 1 aromatic heterocycles. The van der Waals surface area contributed by atoms with Crippen molar-refractivity contribution in [2.24, 2.45) is 0 Å². The van der Waals surface area contributed by atoms with E-state index in [2.05, 4.69) is 0 Å². The molecule has 2 aromatic rings. The maximum absolute atomic E-state index is 11.5. The quantitative estimate of drug-likeness (QED) is 0.814. The summed E-state index contributed by atoms with van der Waals surface area (Å²) < 4.78 is 10.6. The van der Waals surface area contributed by atoms with Gasteiger partial charge in [0.2, 0.25) is 0 Å². The predicted octanol–water partition coefficient (Wildman–Crippen LogP) is 2.48. The normalized spacial score (nSPS) is 10.7. The third-order valence-electron chi connectivity index (χ3n) is 3.11. The smallest absolute Gasteiger partial charge is 0.336 e. The number of hydrogen-bond acceptors (Lipinski definition) is 4. The van der Waals surface area contributed by atoms with E-state index in [4.69, 9.17) is 20.8 Å². The number of aryl methyl sites for hydroxylation is 1. The molecule has 0 N–H and O–H groups in total. The van der Waals surface area contributed by atoms with Crippen LogP contribution in [0.2, 0.25) is 5.02 Å². The Balaban J connectivity index is 2.40. The fourth-order valence-corrected chi connectivity index (χ4v) is 2.12. The van der Waals surface area contributed by atoms with E-state index in [9.17, 15) is 9.59 Å². The molecule has 6 heteroatoms. The molecule has 0 aliphatic carbocycles. The molecule has 0 aliphatic heterocycles. The highest BCUT2D eigenvalue weighted by molar-refractivity contribution is 6.32. The minimum absolute atomic E-state index is 0.129. The van der Waals surface area contributed by atoms with Gasteiger partial charge in [-0.3, -0.25) is 4.79 Å². The summed E-state index contributed by atoms with van der Waals surface area (Å²) in [6, 6.07) is 4.68.